The molecule has 3 rings (SSSR count). The van der Waals surface area contributed by atoms with E-state index in [9.17, 15) is 4.79 Å². The van der Waals surface area contributed by atoms with Crippen molar-refractivity contribution in [2.45, 2.75) is 38.8 Å². The Labute approximate surface area is 179 Å². The highest BCUT2D eigenvalue weighted by atomic mass is 16.5. The molecule has 0 spiro atoms. The van der Waals surface area contributed by atoms with Gasteiger partial charge < -0.3 is 25.0 Å². The zero-order valence-corrected chi connectivity index (χ0v) is 18.4. The van der Waals surface area contributed by atoms with Crippen molar-refractivity contribution in [1.29, 1.82) is 0 Å². The number of nitrogens with zero attached hydrogens (tertiary/aromatic N) is 3. The van der Waals surface area contributed by atoms with Crippen LogP contribution in [0.25, 0.3) is 0 Å². The first-order valence-corrected chi connectivity index (χ1v) is 10.9. The van der Waals surface area contributed by atoms with Gasteiger partial charge >= 0.3 is 0 Å². The lowest BCUT2D eigenvalue weighted by Gasteiger charge is -2.36. The Morgan fingerprint density at radius 2 is 1.97 bits per heavy atom. The molecule has 2 aliphatic rings. The third-order valence-electron chi connectivity index (χ3n) is 5.19. The third-order valence-corrected chi connectivity index (χ3v) is 5.19. The maximum Gasteiger partial charge on any atom is 0.234 e. The summed E-state index contributed by atoms with van der Waals surface area (Å²) in [6, 6.07) is 8.04. The van der Waals surface area contributed by atoms with Crippen LogP contribution in [0.2, 0.25) is 0 Å². The Kier molecular flexibility index (Phi) is 8.19. The number of carbonyl (C=O) groups excluding carboxylic acids is 1. The molecule has 1 unspecified atom stereocenters. The van der Waals surface area contributed by atoms with Gasteiger partial charge in [-0.15, -0.1) is 0 Å². The minimum absolute atomic E-state index is 0.0572. The first-order valence-electron chi connectivity index (χ1n) is 10.9. The van der Waals surface area contributed by atoms with Crippen molar-refractivity contribution in [1.82, 2.24) is 20.4 Å². The molecular formula is C22H35N5O3. The Morgan fingerprint density at radius 1 is 1.23 bits per heavy atom. The lowest BCUT2D eigenvalue weighted by atomic mass is 10.3. The standard InChI is InChI=1S/C22H35N5O3/c1-4-23-22(24-15-17(2)30-20-7-5-6-19(14-20)29-3)27-12-10-26(11-13-27)16-21(28)25-18-8-9-18/h5-7,14,17-18H,4,8-13,15-16H2,1-3H3,(H,23,24)(H,25,28). The molecule has 1 aromatic carbocycles. The van der Waals surface area contributed by atoms with Crippen molar-refractivity contribution < 1.29 is 14.3 Å². The van der Waals surface area contributed by atoms with Crippen LogP contribution >= 0.6 is 0 Å². The van der Waals surface area contributed by atoms with Gasteiger partial charge in [0.1, 0.15) is 17.6 Å². The summed E-state index contributed by atoms with van der Waals surface area (Å²) in [4.78, 5) is 21.3. The number of rotatable bonds is 9. The largest absolute Gasteiger partial charge is 0.497 e. The molecule has 1 atom stereocenters. The summed E-state index contributed by atoms with van der Waals surface area (Å²) in [6.45, 7) is 9.38. The Hall–Kier alpha value is -2.48. The molecule has 1 saturated heterocycles. The molecule has 8 heteroatoms. The number of methoxy groups -OCH3 is 1. The van der Waals surface area contributed by atoms with Gasteiger partial charge in [-0.05, 0) is 38.8 Å². The number of nitrogens with one attached hydrogen (secondary N) is 2. The lowest BCUT2D eigenvalue weighted by Crippen LogP contribution is -2.54. The van der Waals surface area contributed by atoms with Gasteiger partial charge in [0.05, 0.1) is 20.2 Å². The fraction of sp³-hybridized carbons (Fsp3) is 0.636. The number of carbonyl (C=O) groups is 1. The summed E-state index contributed by atoms with van der Waals surface area (Å²) >= 11 is 0. The summed E-state index contributed by atoms with van der Waals surface area (Å²) in [7, 11) is 1.65. The topological polar surface area (TPSA) is 78.4 Å². The van der Waals surface area contributed by atoms with Crippen molar-refractivity contribution in [3.05, 3.63) is 24.3 Å². The fourth-order valence-corrected chi connectivity index (χ4v) is 3.41. The van der Waals surface area contributed by atoms with Crippen LogP contribution in [0.1, 0.15) is 26.7 Å². The van der Waals surface area contributed by atoms with E-state index in [0.717, 1.165) is 63.0 Å². The first kappa shape index (κ1) is 22.2. The smallest absolute Gasteiger partial charge is 0.234 e. The molecule has 1 saturated carbocycles. The highest BCUT2D eigenvalue weighted by Crippen LogP contribution is 2.20. The van der Waals surface area contributed by atoms with Crippen LogP contribution in [0.15, 0.2) is 29.3 Å². The predicted molar refractivity (Wildman–Crippen MR) is 118 cm³/mol. The zero-order valence-electron chi connectivity index (χ0n) is 18.4. The molecule has 1 aromatic rings. The minimum atomic E-state index is -0.0572. The van der Waals surface area contributed by atoms with Crippen molar-refractivity contribution in [2.24, 2.45) is 4.99 Å². The molecule has 166 valence electrons. The molecule has 1 aliphatic carbocycles. The normalized spacial score (nSPS) is 18.6. The predicted octanol–water partition coefficient (Wildman–Crippen LogP) is 1.32. The second-order valence-corrected chi connectivity index (χ2v) is 7.91. The highest BCUT2D eigenvalue weighted by Gasteiger charge is 2.26. The summed E-state index contributed by atoms with van der Waals surface area (Å²) in [6.07, 6.45) is 2.20. The van der Waals surface area contributed by atoms with Crippen LogP contribution in [0.4, 0.5) is 0 Å². The van der Waals surface area contributed by atoms with Gasteiger partial charge in [-0.1, -0.05) is 6.07 Å². The maximum absolute atomic E-state index is 12.0. The second kappa shape index (κ2) is 11.1. The molecule has 1 aliphatic heterocycles. The van der Waals surface area contributed by atoms with Crippen LogP contribution < -0.4 is 20.1 Å². The maximum atomic E-state index is 12.0. The minimum Gasteiger partial charge on any atom is -0.497 e. The monoisotopic (exact) mass is 417 g/mol. The van der Waals surface area contributed by atoms with E-state index in [1.165, 1.54) is 0 Å². The van der Waals surface area contributed by atoms with Crippen LogP contribution in [0.3, 0.4) is 0 Å². The Bertz CT molecular complexity index is 714. The van der Waals surface area contributed by atoms with Gasteiger partial charge in [0.2, 0.25) is 5.91 Å². The Morgan fingerprint density at radius 3 is 2.63 bits per heavy atom. The van der Waals surface area contributed by atoms with Crippen molar-refractivity contribution in [2.75, 3.05) is 52.9 Å². The number of amides is 1. The molecule has 2 fully saturated rings. The molecule has 0 radical (unpaired) electrons. The van der Waals surface area contributed by atoms with Crippen LogP contribution in [0, 0.1) is 0 Å². The van der Waals surface area contributed by atoms with Crippen molar-refractivity contribution in [3.63, 3.8) is 0 Å². The van der Waals surface area contributed by atoms with Gasteiger partial charge in [-0.2, -0.15) is 0 Å². The molecule has 0 aromatic heterocycles. The molecule has 8 nitrogen and oxygen atoms in total. The number of hydrogen-bond acceptors (Lipinski definition) is 5. The lowest BCUT2D eigenvalue weighted by molar-refractivity contribution is -0.122. The average molecular weight is 418 g/mol. The van der Waals surface area contributed by atoms with Crippen molar-refractivity contribution in [3.8, 4) is 11.5 Å². The van der Waals surface area contributed by atoms with E-state index in [4.69, 9.17) is 14.5 Å². The molecule has 30 heavy (non-hydrogen) atoms. The quantitative estimate of drug-likeness (QED) is 0.466. The molecule has 1 heterocycles. The van der Waals surface area contributed by atoms with Crippen LogP contribution in [-0.2, 0) is 4.79 Å². The van der Waals surface area contributed by atoms with E-state index in [1.54, 1.807) is 7.11 Å². The van der Waals surface area contributed by atoms with Gasteiger partial charge in [-0.3, -0.25) is 9.69 Å². The van der Waals surface area contributed by atoms with E-state index < -0.39 is 0 Å². The van der Waals surface area contributed by atoms with Gasteiger partial charge in [-0.25, -0.2) is 4.99 Å². The molecule has 0 bridgehead atoms. The first-order chi connectivity index (χ1) is 14.6. The number of ether oxygens (including phenoxy) is 2. The second-order valence-electron chi connectivity index (χ2n) is 7.91. The number of aliphatic imine (C=N–C) groups is 1. The zero-order chi connectivity index (χ0) is 21.3. The van der Waals surface area contributed by atoms with Crippen LogP contribution in [0.5, 0.6) is 11.5 Å². The van der Waals surface area contributed by atoms with E-state index >= 15 is 0 Å². The number of benzene rings is 1. The number of piperazine rings is 1. The van der Waals surface area contributed by atoms with Gasteiger partial charge in [0.15, 0.2) is 5.96 Å². The summed E-state index contributed by atoms with van der Waals surface area (Å²) < 4.78 is 11.2. The average Bonchev–Trinajstić information content (AvgIpc) is 3.55. The van der Waals surface area contributed by atoms with Gasteiger partial charge in [0.25, 0.3) is 0 Å². The Balaban J connectivity index is 1.47. The van der Waals surface area contributed by atoms with Gasteiger partial charge in [0, 0.05) is 44.8 Å². The summed E-state index contributed by atoms with van der Waals surface area (Å²) in [5.74, 6) is 2.61. The van der Waals surface area contributed by atoms with E-state index in [2.05, 4.69) is 27.4 Å². The van der Waals surface area contributed by atoms with E-state index in [0.29, 0.717) is 19.1 Å². The van der Waals surface area contributed by atoms with Crippen LogP contribution in [-0.4, -0.2) is 86.7 Å². The third kappa shape index (κ3) is 7.09. The molecular weight excluding hydrogens is 382 g/mol. The molecule has 2 N–H and O–H groups in total. The number of hydrogen-bond donors (Lipinski definition) is 2. The fourth-order valence-electron chi connectivity index (χ4n) is 3.41. The van der Waals surface area contributed by atoms with E-state index in [1.807, 2.05) is 31.2 Å². The molecule has 1 amide bonds. The van der Waals surface area contributed by atoms with E-state index in [-0.39, 0.29) is 12.0 Å². The number of guanidine groups is 1. The SMILES string of the molecule is CCNC(=NCC(C)Oc1cccc(OC)c1)N1CCN(CC(=O)NC2CC2)CC1. The summed E-state index contributed by atoms with van der Waals surface area (Å²) in [5.41, 5.74) is 0. The summed E-state index contributed by atoms with van der Waals surface area (Å²) in [5, 5.41) is 6.45. The highest BCUT2D eigenvalue weighted by molar-refractivity contribution is 5.80. The van der Waals surface area contributed by atoms with Crippen molar-refractivity contribution >= 4 is 11.9 Å².